The highest BCUT2D eigenvalue weighted by Crippen LogP contribution is 2.45. The Morgan fingerprint density at radius 3 is 1.81 bits per heavy atom. The van der Waals surface area contributed by atoms with E-state index in [0.717, 1.165) is 10.6 Å². The van der Waals surface area contributed by atoms with Crippen molar-refractivity contribution in [2.75, 3.05) is 28.4 Å². The molecule has 0 saturated heterocycles. The number of hydrogen-bond donors (Lipinski definition) is 0. The Bertz CT molecular complexity index is 744. The maximum absolute atomic E-state index is 13.4. The SMILES string of the molecule is COc1cccc(C(c2c(OC)cc(OC)cc2OC)N([O])C(C)(C)C)c1. The van der Waals surface area contributed by atoms with Crippen molar-refractivity contribution in [3.05, 3.63) is 47.5 Å². The molecule has 0 heterocycles. The fraction of sp³-hybridized carbons (Fsp3) is 0.429. The van der Waals surface area contributed by atoms with Crippen LogP contribution in [-0.2, 0) is 5.21 Å². The van der Waals surface area contributed by atoms with Gasteiger partial charge in [-0.1, -0.05) is 12.1 Å². The summed E-state index contributed by atoms with van der Waals surface area (Å²) in [5, 5.41) is 14.4. The zero-order chi connectivity index (χ0) is 20.2. The minimum absolute atomic E-state index is 0.518. The van der Waals surface area contributed by atoms with E-state index in [1.807, 2.05) is 45.0 Å². The lowest BCUT2D eigenvalue weighted by molar-refractivity contribution is -0.233. The number of ether oxygens (including phenoxy) is 4. The molecule has 0 aliphatic heterocycles. The first-order valence-corrected chi connectivity index (χ1v) is 8.67. The monoisotopic (exact) mass is 374 g/mol. The van der Waals surface area contributed by atoms with Crippen molar-refractivity contribution in [1.82, 2.24) is 5.06 Å². The number of methoxy groups -OCH3 is 4. The Hall–Kier alpha value is -2.44. The molecule has 1 radical (unpaired) electrons. The lowest BCUT2D eigenvalue weighted by atomic mass is 9.93. The van der Waals surface area contributed by atoms with E-state index in [9.17, 15) is 5.21 Å². The molecule has 2 aromatic rings. The second-order valence-electron chi connectivity index (χ2n) is 7.12. The standard InChI is InChI=1S/C21H28NO5/c1-21(2,3)22(23)20(14-9-8-10-15(11-14)24-4)19-17(26-6)12-16(25-5)13-18(19)27-7/h8-13,20H,1-7H3. The number of nitrogens with zero attached hydrogens (tertiary/aromatic N) is 1. The smallest absolute Gasteiger partial charge is 0.131 e. The second kappa shape index (κ2) is 8.50. The van der Waals surface area contributed by atoms with Gasteiger partial charge in [0.2, 0.25) is 0 Å². The van der Waals surface area contributed by atoms with Crippen LogP contribution < -0.4 is 18.9 Å². The number of benzene rings is 2. The van der Waals surface area contributed by atoms with Gasteiger partial charge in [0.1, 0.15) is 23.0 Å². The van der Waals surface area contributed by atoms with E-state index in [0.29, 0.717) is 28.6 Å². The molecule has 0 spiro atoms. The molecule has 0 saturated carbocycles. The zero-order valence-electron chi connectivity index (χ0n) is 17.0. The molecule has 0 fully saturated rings. The van der Waals surface area contributed by atoms with Crippen molar-refractivity contribution in [1.29, 1.82) is 0 Å². The molecule has 0 N–H and O–H groups in total. The van der Waals surface area contributed by atoms with Crippen LogP contribution in [0.4, 0.5) is 0 Å². The largest absolute Gasteiger partial charge is 0.497 e. The topological polar surface area (TPSA) is 60.1 Å². The maximum Gasteiger partial charge on any atom is 0.131 e. The molecule has 1 atom stereocenters. The minimum Gasteiger partial charge on any atom is -0.497 e. The van der Waals surface area contributed by atoms with Crippen LogP contribution >= 0.6 is 0 Å². The summed E-state index contributed by atoms with van der Waals surface area (Å²) in [7, 11) is 6.29. The summed E-state index contributed by atoms with van der Waals surface area (Å²) in [5.41, 5.74) is 0.768. The molecular formula is C21H28NO5. The van der Waals surface area contributed by atoms with Gasteiger partial charge in [-0.2, -0.15) is 0 Å². The fourth-order valence-electron chi connectivity index (χ4n) is 2.92. The van der Waals surface area contributed by atoms with E-state index in [2.05, 4.69) is 0 Å². The minimum atomic E-state index is -0.657. The van der Waals surface area contributed by atoms with E-state index < -0.39 is 11.6 Å². The highest BCUT2D eigenvalue weighted by atomic mass is 16.5. The highest BCUT2D eigenvalue weighted by molar-refractivity contribution is 5.55. The Balaban J connectivity index is 2.77. The predicted molar refractivity (Wildman–Crippen MR) is 103 cm³/mol. The van der Waals surface area contributed by atoms with Gasteiger partial charge < -0.3 is 18.9 Å². The van der Waals surface area contributed by atoms with Crippen molar-refractivity contribution in [3.63, 3.8) is 0 Å². The molecule has 147 valence electrons. The molecule has 6 heteroatoms. The van der Waals surface area contributed by atoms with Crippen molar-refractivity contribution in [3.8, 4) is 23.0 Å². The van der Waals surface area contributed by atoms with Gasteiger partial charge in [0.15, 0.2) is 0 Å². The molecule has 2 rings (SSSR count). The zero-order valence-corrected chi connectivity index (χ0v) is 17.0. The maximum atomic E-state index is 13.4. The van der Waals surface area contributed by atoms with E-state index >= 15 is 0 Å². The average molecular weight is 374 g/mol. The molecule has 0 aromatic heterocycles. The molecule has 2 aromatic carbocycles. The summed E-state index contributed by atoms with van der Waals surface area (Å²) in [6.07, 6.45) is 0. The summed E-state index contributed by atoms with van der Waals surface area (Å²) < 4.78 is 21.9. The van der Waals surface area contributed by atoms with Gasteiger partial charge in [-0.15, -0.1) is 10.3 Å². The summed E-state index contributed by atoms with van der Waals surface area (Å²) in [6, 6.07) is 10.3. The average Bonchev–Trinajstić information content (AvgIpc) is 2.67. The lowest BCUT2D eigenvalue weighted by Gasteiger charge is -2.36. The van der Waals surface area contributed by atoms with Crippen LogP contribution in [0.5, 0.6) is 23.0 Å². The van der Waals surface area contributed by atoms with Crippen LogP contribution in [0.3, 0.4) is 0 Å². The third kappa shape index (κ3) is 4.46. The van der Waals surface area contributed by atoms with Gasteiger partial charge in [0, 0.05) is 17.7 Å². The molecule has 0 aliphatic carbocycles. The van der Waals surface area contributed by atoms with Gasteiger partial charge in [0.05, 0.1) is 40.0 Å². The van der Waals surface area contributed by atoms with Crippen molar-refractivity contribution >= 4 is 0 Å². The summed E-state index contributed by atoms with van der Waals surface area (Å²) in [4.78, 5) is 0. The van der Waals surface area contributed by atoms with Crippen LogP contribution in [0.25, 0.3) is 0 Å². The number of hydroxylamine groups is 2. The Labute approximate surface area is 161 Å². The Morgan fingerprint density at radius 2 is 1.37 bits per heavy atom. The van der Waals surface area contributed by atoms with E-state index in [-0.39, 0.29) is 0 Å². The first kappa shape index (κ1) is 20.9. The van der Waals surface area contributed by atoms with E-state index in [1.165, 1.54) is 0 Å². The van der Waals surface area contributed by atoms with Gasteiger partial charge in [-0.25, -0.2) is 0 Å². The molecule has 0 amide bonds. The Morgan fingerprint density at radius 1 is 0.815 bits per heavy atom. The highest BCUT2D eigenvalue weighted by Gasteiger charge is 2.36. The van der Waals surface area contributed by atoms with Gasteiger partial charge >= 0.3 is 0 Å². The quantitative estimate of drug-likeness (QED) is 0.678. The van der Waals surface area contributed by atoms with Crippen molar-refractivity contribution in [2.24, 2.45) is 0 Å². The normalized spacial score (nSPS) is 12.6. The predicted octanol–water partition coefficient (Wildman–Crippen LogP) is 4.26. The second-order valence-corrected chi connectivity index (χ2v) is 7.12. The van der Waals surface area contributed by atoms with Crippen LogP contribution in [0.1, 0.15) is 37.9 Å². The van der Waals surface area contributed by atoms with Gasteiger partial charge in [-0.05, 0) is 38.5 Å². The number of hydrogen-bond acceptors (Lipinski definition) is 5. The summed E-state index contributed by atoms with van der Waals surface area (Å²) in [5.74, 6) is 2.30. The van der Waals surface area contributed by atoms with Crippen LogP contribution in [0.15, 0.2) is 36.4 Å². The first-order chi connectivity index (χ1) is 12.8. The van der Waals surface area contributed by atoms with Crippen molar-refractivity contribution in [2.45, 2.75) is 32.4 Å². The molecular weight excluding hydrogens is 346 g/mol. The summed E-state index contributed by atoms with van der Waals surface area (Å²) in [6.45, 7) is 5.61. The van der Waals surface area contributed by atoms with Crippen molar-refractivity contribution < 1.29 is 24.2 Å². The molecule has 27 heavy (non-hydrogen) atoms. The number of rotatable bonds is 7. The third-order valence-corrected chi connectivity index (χ3v) is 4.33. The first-order valence-electron chi connectivity index (χ1n) is 8.67. The van der Waals surface area contributed by atoms with Crippen LogP contribution in [0.2, 0.25) is 0 Å². The molecule has 0 bridgehead atoms. The van der Waals surface area contributed by atoms with Crippen LogP contribution in [0, 0.1) is 0 Å². The Kier molecular flexibility index (Phi) is 6.57. The molecule has 0 aliphatic rings. The van der Waals surface area contributed by atoms with E-state index in [1.54, 1.807) is 40.6 Å². The van der Waals surface area contributed by atoms with Gasteiger partial charge in [0.25, 0.3) is 0 Å². The van der Waals surface area contributed by atoms with Crippen LogP contribution in [-0.4, -0.2) is 39.0 Å². The fourth-order valence-corrected chi connectivity index (χ4v) is 2.92. The lowest BCUT2D eigenvalue weighted by Crippen LogP contribution is -2.41. The molecule has 1 unspecified atom stereocenters. The van der Waals surface area contributed by atoms with E-state index in [4.69, 9.17) is 18.9 Å². The summed E-state index contributed by atoms with van der Waals surface area (Å²) >= 11 is 0. The molecule has 6 nitrogen and oxygen atoms in total. The van der Waals surface area contributed by atoms with Gasteiger partial charge in [-0.3, -0.25) is 0 Å². The third-order valence-electron chi connectivity index (χ3n) is 4.33.